The van der Waals surface area contributed by atoms with Gasteiger partial charge in [0.05, 0.1) is 12.6 Å². The van der Waals surface area contributed by atoms with Crippen molar-refractivity contribution in [3.05, 3.63) is 12.2 Å². The molecule has 1 saturated heterocycles. The van der Waals surface area contributed by atoms with Crippen LogP contribution in [-0.2, 0) is 17.7 Å². The van der Waals surface area contributed by atoms with Crippen LogP contribution in [0.4, 0.5) is 0 Å². The third-order valence-electron chi connectivity index (χ3n) is 5.19. The van der Waals surface area contributed by atoms with Crippen molar-refractivity contribution in [1.29, 1.82) is 0 Å². The molecule has 28 heavy (non-hydrogen) atoms. The molecular formula is C21H40N6O. The molecular weight excluding hydrogens is 352 g/mol. The van der Waals surface area contributed by atoms with Crippen LogP contribution in [0.5, 0.6) is 0 Å². The van der Waals surface area contributed by atoms with Crippen LogP contribution in [0.15, 0.2) is 11.3 Å². The van der Waals surface area contributed by atoms with E-state index in [-0.39, 0.29) is 6.10 Å². The molecule has 0 amide bonds. The van der Waals surface area contributed by atoms with Crippen molar-refractivity contribution < 1.29 is 4.74 Å². The Morgan fingerprint density at radius 2 is 2.18 bits per heavy atom. The van der Waals surface area contributed by atoms with Gasteiger partial charge in [0.1, 0.15) is 12.2 Å². The van der Waals surface area contributed by atoms with Crippen molar-refractivity contribution in [3.8, 4) is 0 Å². The monoisotopic (exact) mass is 392 g/mol. The number of nitrogens with zero attached hydrogens (tertiary/aromatic N) is 4. The van der Waals surface area contributed by atoms with E-state index in [2.05, 4.69) is 53.1 Å². The predicted octanol–water partition coefficient (Wildman–Crippen LogP) is 3.16. The lowest BCUT2D eigenvalue weighted by Crippen LogP contribution is -2.44. The summed E-state index contributed by atoms with van der Waals surface area (Å²) in [6.07, 6.45) is 10.2. The molecule has 2 unspecified atom stereocenters. The summed E-state index contributed by atoms with van der Waals surface area (Å²) in [7, 11) is 0. The zero-order valence-corrected chi connectivity index (χ0v) is 18.3. The Morgan fingerprint density at radius 1 is 1.32 bits per heavy atom. The fourth-order valence-electron chi connectivity index (χ4n) is 3.47. The van der Waals surface area contributed by atoms with Gasteiger partial charge < -0.3 is 19.9 Å². The summed E-state index contributed by atoms with van der Waals surface area (Å²) in [5.41, 5.74) is 0. The average molecular weight is 393 g/mol. The zero-order valence-electron chi connectivity index (χ0n) is 18.3. The summed E-state index contributed by atoms with van der Waals surface area (Å²) in [5.74, 6) is 2.67. The van der Waals surface area contributed by atoms with E-state index in [1.165, 1.54) is 25.7 Å². The molecule has 1 fully saturated rings. The fourth-order valence-corrected chi connectivity index (χ4v) is 3.47. The van der Waals surface area contributed by atoms with Gasteiger partial charge in [0.15, 0.2) is 5.96 Å². The van der Waals surface area contributed by atoms with Gasteiger partial charge >= 0.3 is 0 Å². The first-order valence-electron chi connectivity index (χ1n) is 11.1. The number of aromatic nitrogens is 3. The molecule has 2 atom stereocenters. The van der Waals surface area contributed by atoms with Crippen molar-refractivity contribution in [1.82, 2.24) is 25.4 Å². The Bertz CT molecular complexity index is 565. The first-order valence-corrected chi connectivity index (χ1v) is 11.1. The van der Waals surface area contributed by atoms with E-state index < -0.39 is 0 Å². The second kappa shape index (κ2) is 12.8. The maximum absolute atomic E-state index is 5.83. The van der Waals surface area contributed by atoms with Crippen molar-refractivity contribution in [2.24, 2.45) is 10.9 Å². The van der Waals surface area contributed by atoms with E-state index in [1.54, 1.807) is 6.33 Å². The molecule has 0 spiro atoms. The molecule has 0 aromatic carbocycles. The van der Waals surface area contributed by atoms with Gasteiger partial charge in [0.25, 0.3) is 0 Å². The van der Waals surface area contributed by atoms with E-state index in [0.29, 0.717) is 6.04 Å². The van der Waals surface area contributed by atoms with Gasteiger partial charge in [-0.2, -0.15) is 0 Å². The maximum atomic E-state index is 5.83. The van der Waals surface area contributed by atoms with E-state index in [4.69, 9.17) is 9.73 Å². The number of rotatable bonds is 11. The van der Waals surface area contributed by atoms with Gasteiger partial charge in [-0.3, -0.25) is 4.99 Å². The zero-order chi connectivity index (χ0) is 20.2. The Labute approximate surface area is 170 Å². The van der Waals surface area contributed by atoms with E-state index >= 15 is 0 Å². The summed E-state index contributed by atoms with van der Waals surface area (Å²) in [6, 6.07) is 0.401. The number of ether oxygens (including phenoxy) is 1. The minimum absolute atomic E-state index is 0.258. The molecule has 2 N–H and O–H groups in total. The van der Waals surface area contributed by atoms with Crippen LogP contribution in [-0.4, -0.2) is 52.6 Å². The van der Waals surface area contributed by atoms with Crippen LogP contribution in [0.2, 0.25) is 0 Å². The summed E-state index contributed by atoms with van der Waals surface area (Å²) in [5, 5.41) is 15.2. The topological polar surface area (TPSA) is 76.4 Å². The molecule has 0 saturated carbocycles. The number of aliphatic imine (C=N–C) groups is 1. The molecule has 7 nitrogen and oxygen atoms in total. The van der Waals surface area contributed by atoms with Gasteiger partial charge in [0, 0.05) is 32.2 Å². The molecule has 1 aliphatic heterocycles. The normalized spacial score (nSPS) is 19.0. The van der Waals surface area contributed by atoms with Gasteiger partial charge in [-0.05, 0) is 38.5 Å². The summed E-state index contributed by atoms with van der Waals surface area (Å²) in [4.78, 5) is 4.82. The molecule has 0 radical (unpaired) electrons. The van der Waals surface area contributed by atoms with Crippen molar-refractivity contribution >= 4 is 5.96 Å². The van der Waals surface area contributed by atoms with E-state index in [9.17, 15) is 0 Å². The molecule has 1 aromatic rings. The fraction of sp³-hybridized carbons (Fsp3) is 0.857. The molecule has 1 aromatic heterocycles. The smallest absolute Gasteiger partial charge is 0.191 e. The predicted molar refractivity (Wildman–Crippen MR) is 115 cm³/mol. The minimum Gasteiger partial charge on any atom is -0.376 e. The molecule has 160 valence electrons. The summed E-state index contributed by atoms with van der Waals surface area (Å²) >= 11 is 0. The lowest BCUT2D eigenvalue weighted by molar-refractivity contribution is 0.0224. The highest BCUT2D eigenvalue weighted by molar-refractivity contribution is 5.80. The molecule has 0 aliphatic carbocycles. The molecule has 1 aliphatic rings. The Hall–Kier alpha value is -1.63. The lowest BCUT2D eigenvalue weighted by Gasteiger charge is -2.23. The van der Waals surface area contributed by atoms with Crippen molar-refractivity contribution in [2.45, 2.75) is 91.3 Å². The van der Waals surface area contributed by atoms with Crippen molar-refractivity contribution in [2.75, 3.05) is 19.7 Å². The van der Waals surface area contributed by atoms with Gasteiger partial charge in [-0.15, -0.1) is 10.2 Å². The quantitative estimate of drug-likeness (QED) is 0.447. The van der Waals surface area contributed by atoms with Crippen LogP contribution < -0.4 is 10.6 Å². The number of hydrogen-bond donors (Lipinski definition) is 2. The van der Waals surface area contributed by atoms with Crippen LogP contribution in [0.3, 0.4) is 0 Å². The van der Waals surface area contributed by atoms with E-state index in [1.807, 2.05) is 0 Å². The number of hydrogen-bond acceptors (Lipinski definition) is 4. The number of guanidine groups is 1. The average Bonchev–Trinajstić information content (AvgIpc) is 3.14. The van der Waals surface area contributed by atoms with Crippen LogP contribution in [0, 0.1) is 5.92 Å². The number of nitrogens with one attached hydrogen (secondary N) is 2. The third-order valence-corrected chi connectivity index (χ3v) is 5.19. The van der Waals surface area contributed by atoms with Crippen LogP contribution >= 0.6 is 0 Å². The van der Waals surface area contributed by atoms with Gasteiger partial charge in [-0.25, -0.2) is 0 Å². The molecule has 0 bridgehead atoms. The van der Waals surface area contributed by atoms with E-state index in [0.717, 1.165) is 63.2 Å². The lowest BCUT2D eigenvalue weighted by atomic mass is 10.0. The molecule has 7 heteroatoms. The minimum atomic E-state index is 0.258. The maximum Gasteiger partial charge on any atom is 0.191 e. The summed E-state index contributed by atoms with van der Waals surface area (Å²) in [6.45, 7) is 12.1. The van der Waals surface area contributed by atoms with Crippen LogP contribution in [0.25, 0.3) is 0 Å². The Morgan fingerprint density at radius 3 is 2.89 bits per heavy atom. The van der Waals surface area contributed by atoms with Gasteiger partial charge in [-0.1, -0.05) is 33.6 Å². The molecule has 2 heterocycles. The first kappa shape index (κ1) is 22.7. The SMILES string of the molecule is CCc1nncn1CCNC(=NCC1CCCCO1)NC(C)CCCC(C)C. The Balaban J connectivity index is 1.85. The standard InChI is InChI=1S/C21H40N6O/c1-5-20-26-24-16-27(20)13-12-22-21(23-15-19-11-6-7-14-28-19)25-18(4)10-8-9-17(2)3/h16-19H,5-15H2,1-4H3,(H2,22,23,25). The number of aryl methyl sites for hydroxylation is 1. The highest BCUT2D eigenvalue weighted by Gasteiger charge is 2.14. The largest absolute Gasteiger partial charge is 0.376 e. The third kappa shape index (κ3) is 8.59. The Kier molecular flexibility index (Phi) is 10.3. The summed E-state index contributed by atoms with van der Waals surface area (Å²) < 4.78 is 7.93. The second-order valence-corrected chi connectivity index (χ2v) is 8.27. The van der Waals surface area contributed by atoms with Crippen molar-refractivity contribution in [3.63, 3.8) is 0 Å². The second-order valence-electron chi connectivity index (χ2n) is 8.27. The highest BCUT2D eigenvalue weighted by Crippen LogP contribution is 2.13. The van der Waals surface area contributed by atoms with Gasteiger partial charge in [0.2, 0.25) is 0 Å². The van der Waals surface area contributed by atoms with Crippen LogP contribution in [0.1, 0.15) is 72.0 Å². The molecule has 2 rings (SSSR count). The first-order chi connectivity index (χ1) is 13.6. The highest BCUT2D eigenvalue weighted by atomic mass is 16.5.